The third kappa shape index (κ3) is 4.10. The van der Waals surface area contributed by atoms with Crippen molar-refractivity contribution in [1.82, 2.24) is 5.32 Å². The minimum atomic E-state index is -0.510. The van der Waals surface area contributed by atoms with Crippen LogP contribution in [0.15, 0.2) is 66.7 Å². The van der Waals surface area contributed by atoms with E-state index in [4.69, 9.17) is 16.3 Å². The molecule has 152 valence electrons. The molecule has 3 nitrogen and oxygen atoms in total. The number of alkyl carbamates (subject to hydrolysis) is 1. The number of benzene rings is 3. The van der Waals surface area contributed by atoms with Gasteiger partial charge in [-0.15, -0.1) is 0 Å². The smallest absolute Gasteiger partial charge is 0.407 e. The predicted octanol–water partition coefficient (Wildman–Crippen LogP) is 6.34. The van der Waals surface area contributed by atoms with E-state index in [0.29, 0.717) is 16.1 Å². The summed E-state index contributed by atoms with van der Waals surface area (Å²) in [5.74, 6) is -0.336. The number of amides is 1. The van der Waals surface area contributed by atoms with Gasteiger partial charge in [0.05, 0.1) is 0 Å². The second kappa shape index (κ2) is 8.72. The van der Waals surface area contributed by atoms with Crippen LogP contribution in [0.2, 0.25) is 5.02 Å². The van der Waals surface area contributed by atoms with E-state index in [0.717, 1.165) is 11.1 Å². The molecule has 0 radical (unpaired) electrons. The lowest BCUT2D eigenvalue weighted by Crippen LogP contribution is -2.26. The molecule has 0 spiro atoms. The molecule has 0 saturated carbocycles. The third-order valence-electron chi connectivity index (χ3n) is 5.28. The molecule has 1 amide bonds. The molecule has 4 rings (SSSR count). The van der Waals surface area contributed by atoms with Crippen LogP contribution in [0, 0.1) is 12.7 Å². The van der Waals surface area contributed by atoms with Crippen LogP contribution in [-0.4, -0.2) is 19.2 Å². The lowest BCUT2D eigenvalue weighted by Gasteiger charge is -2.14. The van der Waals surface area contributed by atoms with Gasteiger partial charge in [0.1, 0.15) is 12.4 Å². The number of carbonyl (C=O) groups is 1. The number of fused-ring (bicyclic) bond motifs is 3. The van der Waals surface area contributed by atoms with Crippen LogP contribution in [0.3, 0.4) is 0 Å². The Morgan fingerprint density at radius 2 is 1.73 bits per heavy atom. The molecule has 1 N–H and O–H groups in total. The van der Waals surface area contributed by atoms with E-state index in [1.165, 1.54) is 17.2 Å². The molecule has 0 unspecified atom stereocenters. The van der Waals surface area contributed by atoms with Crippen molar-refractivity contribution < 1.29 is 13.9 Å². The number of hydrogen-bond acceptors (Lipinski definition) is 2. The van der Waals surface area contributed by atoms with Crippen LogP contribution >= 0.6 is 11.6 Å². The Morgan fingerprint density at radius 3 is 2.40 bits per heavy atom. The standard InChI is InChI=1S/C25H21ClFNO2/c1-16-13-24(27)17(14-23(16)26)7-6-12-28-25(29)30-15-22-20-10-4-2-8-18(20)19-9-3-5-11-21(19)22/h2-11,13-14,22H,12,15H2,1H3,(H,28,29). The van der Waals surface area contributed by atoms with Gasteiger partial charge in [-0.1, -0.05) is 72.3 Å². The maximum absolute atomic E-state index is 13.9. The van der Waals surface area contributed by atoms with Crippen LogP contribution in [0.4, 0.5) is 9.18 Å². The average Bonchev–Trinajstić information content (AvgIpc) is 3.07. The second-order valence-corrected chi connectivity index (χ2v) is 7.64. The zero-order chi connectivity index (χ0) is 21.1. The van der Waals surface area contributed by atoms with E-state index >= 15 is 0 Å². The summed E-state index contributed by atoms with van der Waals surface area (Å²) in [7, 11) is 0. The fourth-order valence-corrected chi connectivity index (χ4v) is 3.94. The largest absolute Gasteiger partial charge is 0.449 e. The van der Waals surface area contributed by atoms with Gasteiger partial charge in [-0.2, -0.15) is 0 Å². The first kappa shape index (κ1) is 20.2. The van der Waals surface area contributed by atoms with Crippen molar-refractivity contribution in [3.05, 3.63) is 99.8 Å². The molecule has 0 heterocycles. The number of nitrogens with one attached hydrogen (secondary N) is 1. The Hall–Kier alpha value is -3.11. The zero-order valence-corrected chi connectivity index (χ0v) is 17.2. The molecule has 0 fully saturated rings. The van der Waals surface area contributed by atoms with Crippen molar-refractivity contribution in [2.45, 2.75) is 12.8 Å². The maximum atomic E-state index is 13.9. The van der Waals surface area contributed by atoms with E-state index in [2.05, 4.69) is 29.6 Å². The fourth-order valence-electron chi connectivity index (χ4n) is 3.77. The van der Waals surface area contributed by atoms with Crippen molar-refractivity contribution in [2.24, 2.45) is 0 Å². The van der Waals surface area contributed by atoms with Crippen molar-refractivity contribution in [2.75, 3.05) is 13.2 Å². The molecule has 5 heteroatoms. The molecule has 3 aromatic rings. The van der Waals surface area contributed by atoms with E-state index in [1.54, 1.807) is 25.1 Å². The van der Waals surface area contributed by atoms with Crippen molar-refractivity contribution in [1.29, 1.82) is 0 Å². The summed E-state index contributed by atoms with van der Waals surface area (Å²) in [6.07, 6.45) is 2.74. The molecule has 0 saturated heterocycles. The van der Waals surface area contributed by atoms with Crippen LogP contribution in [0.25, 0.3) is 17.2 Å². The molecular weight excluding hydrogens is 401 g/mol. The third-order valence-corrected chi connectivity index (χ3v) is 5.69. The zero-order valence-electron chi connectivity index (χ0n) is 16.5. The first-order chi connectivity index (χ1) is 14.5. The first-order valence-electron chi connectivity index (χ1n) is 9.75. The Bertz CT molecular complexity index is 1080. The Kier molecular flexibility index (Phi) is 5.86. The van der Waals surface area contributed by atoms with E-state index in [9.17, 15) is 9.18 Å². The molecule has 0 bridgehead atoms. The van der Waals surface area contributed by atoms with E-state index < -0.39 is 6.09 Å². The van der Waals surface area contributed by atoms with Crippen LogP contribution in [0.1, 0.15) is 28.2 Å². The number of halogens is 2. The van der Waals surface area contributed by atoms with Crippen molar-refractivity contribution >= 4 is 23.8 Å². The molecular formula is C25H21ClFNO2. The van der Waals surface area contributed by atoms with Gasteiger partial charge in [-0.25, -0.2) is 9.18 Å². The SMILES string of the molecule is Cc1cc(F)c(C=CCNC(=O)OCC2c3ccccc3-c3ccccc32)cc1Cl. The maximum Gasteiger partial charge on any atom is 0.407 e. The van der Waals surface area contributed by atoms with Gasteiger partial charge in [0.2, 0.25) is 0 Å². The first-order valence-corrected chi connectivity index (χ1v) is 10.1. The average molecular weight is 422 g/mol. The minimum Gasteiger partial charge on any atom is -0.449 e. The number of carbonyl (C=O) groups excluding carboxylic acids is 1. The molecule has 1 aliphatic rings. The van der Waals surface area contributed by atoms with Gasteiger partial charge in [0, 0.05) is 23.0 Å². The van der Waals surface area contributed by atoms with E-state index in [1.807, 2.05) is 24.3 Å². The van der Waals surface area contributed by atoms with Gasteiger partial charge >= 0.3 is 6.09 Å². The summed E-state index contributed by atoms with van der Waals surface area (Å²) in [5.41, 5.74) is 5.76. The Morgan fingerprint density at radius 1 is 1.10 bits per heavy atom. The summed E-state index contributed by atoms with van der Waals surface area (Å²) < 4.78 is 19.4. The number of aryl methyl sites for hydroxylation is 1. The lowest BCUT2D eigenvalue weighted by atomic mass is 9.98. The summed E-state index contributed by atoms with van der Waals surface area (Å²) in [4.78, 5) is 12.1. The normalized spacial score (nSPS) is 12.6. The van der Waals surface area contributed by atoms with Gasteiger partial charge in [0.15, 0.2) is 0 Å². The van der Waals surface area contributed by atoms with Crippen LogP contribution in [0.5, 0.6) is 0 Å². The van der Waals surface area contributed by atoms with Gasteiger partial charge in [0.25, 0.3) is 0 Å². The van der Waals surface area contributed by atoms with Gasteiger partial charge in [-0.05, 0) is 46.9 Å². The lowest BCUT2D eigenvalue weighted by molar-refractivity contribution is 0.144. The predicted molar refractivity (Wildman–Crippen MR) is 118 cm³/mol. The molecule has 1 aliphatic carbocycles. The van der Waals surface area contributed by atoms with E-state index in [-0.39, 0.29) is 24.9 Å². The molecule has 30 heavy (non-hydrogen) atoms. The Labute approximate surface area is 180 Å². The highest BCUT2D eigenvalue weighted by molar-refractivity contribution is 6.31. The van der Waals surface area contributed by atoms with Crippen LogP contribution in [-0.2, 0) is 4.74 Å². The quantitative estimate of drug-likeness (QED) is 0.522. The highest BCUT2D eigenvalue weighted by atomic mass is 35.5. The second-order valence-electron chi connectivity index (χ2n) is 7.23. The molecule has 0 atom stereocenters. The fraction of sp³-hybridized carbons (Fsp3) is 0.160. The number of rotatable bonds is 5. The number of ether oxygens (including phenoxy) is 1. The van der Waals surface area contributed by atoms with Crippen molar-refractivity contribution in [3.8, 4) is 11.1 Å². The highest BCUT2D eigenvalue weighted by Gasteiger charge is 2.28. The van der Waals surface area contributed by atoms with Gasteiger partial charge < -0.3 is 10.1 Å². The van der Waals surface area contributed by atoms with Gasteiger partial charge in [-0.3, -0.25) is 0 Å². The topological polar surface area (TPSA) is 38.3 Å². The monoisotopic (exact) mass is 421 g/mol. The number of hydrogen-bond donors (Lipinski definition) is 1. The molecule has 3 aromatic carbocycles. The van der Waals surface area contributed by atoms with Crippen LogP contribution < -0.4 is 5.32 Å². The van der Waals surface area contributed by atoms with Crippen molar-refractivity contribution in [3.63, 3.8) is 0 Å². The summed E-state index contributed by atoms with van der Waals surface area (Å²) in [6, 6.07) is 19.3. The molecule has 0 aromatic heterocycles. The summed E-state index contributed by atoms with van der Waals surface area (Å²) in [6.45, 7) is 2.23. The Balaban J connectivity index is 1.34. The highest BCUT2D eigenvalue weighted by Crippen LogP contribution is 2.44. The summed E-state index contributed by atoms with van der Waals surface area (Å²) in [5, 5.41) is 3.17. The summed E-state index contributed by atoms with van der Waals surface area (Å²) >= 11 is 6.03. The molecule has 0 aliphatic heterocycles. The minimum absolute atomic E-state index is 0.0162.